The Balaban J connectivity index is 2.17. The van der Waals surface area contributed by atoms with E-state index in [-0.39, 0.29) is 0 Å². The summed E-state index contributed by atoms with van der Waals surface area (Å²) in [5, 5.41) is 0.491. The Bertz CT molecular complexity index is 761. The summed E-state index contributed by atoms with van der Waals surface area (Å²) in [6.45, 7) is 0. The lowest BCUT2D eigenvalue weighted by molar-refractivity contribution is 1.12. The SMILES string of the molecule is NNc1cc(-c2ccccc2)nc(-c2ncccc2Cl)n1. The van der Waals surface area contributed by atoms with Gasteiger partial charge in [0.15, 0.2) is 5.82 Å². The third kappa shape index (κ3) is 2.84. The summed E-state index contributed by atoms with van der Waals surface area (Å²) < 4.78 is 0. The van der Waals surface area contributed by atoms with Crippen molar-refractivity contribution in [3.8, 4) is 22.8 Å². The van der Waals surface area contributed by atoms with Gasteiger partial charge in [-0.2, -0.15) is 0 Å². The first-order chi connectivity index (χ1) is 10.3. The van der Waals surface area contributed by atoms with E-state index in [0.29, 0.717) is 22.4 Å². The minimum absolute atomic E-state index is 0.426. The van der Waals surface area contributed by atoms with Gasteiger partial charge < -0.3 is 5.43 Å². The Morgan fingerprint density at radius 3 is 2.52 bits per heavy atom. The molecule has 0 atom stereocenters. The first kappa shape index (κ1) is 13.5. The molecule has 5 nitrogen and oxygen atoms in total. The van der Waals surface area contributed by atoms with Crippen molar-refractivity contribution in [1.82, 2.24) is 15.0 Å². The Morgan fingerprint density at radius 1 is 1.00 bits per heavy atom. The molecule has 0 aliphatic heterocycles. The number of anilines is 1. The van der Waals surface area contributed by atoms with Crippen LogP contribution in [0.1, 0.15) is 0 Å². The van der Waals surface area contributed by atoms with E-state index in [2.05, 4.69) is 20.4 Å². The van der Waals surface area contributed by atoms with Gasteiger partial charge in [0.05, 0.1) is 10.7 Å². The molecular formula is C15H12ClN5. The molecule has 104 valence electrons. The number of nitrogens with zero attached hydrogens (tertiary/aromatic N) is 3. The summed E-state index contributed by atoms with van der Waals surface area (Å²) in [4.78, 5) is 13.1. The molecule has 3 N–H and O–H groups in total. The molecular weight excluding hydrogens is 286 g/mol. The Morgan fingerprint density at radius 2 is 1.81 bits per heavy atom. The van der Waals surface area contributed by atoms with Gasteiger partial charge in [0.1, 0.15) is 11.5 Å². The number of aromatic nitrogens is 3. The van der Waals surface area contributed by atoms with Crippen LogP contribution < -0.4 is 11.3 Å². The van der Waals surface area contributed by atoms with Crippen LogP contribution in [-0.2, 0) is 0 Å². The molecule has 3 aromatic rings. The number of nitrogens with one attached hydrogen (secondary N) is 1. The van der Waals surface area contributed by atoms with Crippen molar-refractivity contribution in [1.29, 1.82) is 0 Å². The van der Waals surface area contributed by atoms with Crippen molar-refractivity contribution in [2.75, 3.05) is 5.43 Å². The van der Waals surface area contributed by atoms with Gasteiger partial charge in [0, 0.05) is 17.8 Å². The van der Waals surface area contributed by atoms with E-state index in [1.807, 2.05) is 30.3 Å². The zero-order valence-electron chi connectivity index (χ0n) is 11.0. The maximum Gasteiger partial charge on any atom is 0.182 e. The number of rotatable bonds is 3. The highest BCUT2D eigenvalue weighted by atomic mass is 35.5. The third-order valence-corrected chi connectivity index (χ3v) is 3.22. The number of benzene rings is 1. The number of pyridine rings is 1. The molecule has 0 aliphatic rings. The van der Waals surface area contributed by atoms with Crippen molar-refractivity contribution in [2.45, 2.75) is 0 Å². The monoisotopic (exact) mass is 297 g/mol. The molecule has 0 radical (unpaired) electrons. The van der Waals surface area contributed by atoms with Gasteiger partial charge in [0.25, 0.3) is 0 Å². The molecule has 21 heavy (non-hydrogen) atoms. The minimum atomic E-state index is 0.426. The first-order valence-corrected chi connectivity index (χ1v) is 6.68. The van der Waals surface area contributed by atoms with Gasteiger partial charge in [-0.05, 0) is 12.1 Å². The summed E-state index contributed by atoms with van der Waals surface area (Å²) in [5.41, 5.74) is 4.77. The average molecular weight is 298 g/mol. The van der Waals surface area contributed by atoms with E-state index >= 15 is 0 Å². The first-order valence-electron chi connectivity index (χ1n) is 6.30. The molecule has 0 aliphatic carbocycles. The van der Waals surface area contributed by atoms with E-state index < -0.39 is 0 Å². The van der Waals surface area contributed by atoms with Crippen molar-refractivity contribution < 1.29 is 0 Å². The minimum Gasteiger partial charge on any atom is -0.308 e. The van der Waals surface area contributed by atoms with Crippen LogP contribution in [0.15, 0.2) is 54.7 Å². The molecule has 0 saturated carbocycles. The maximum absolute atomic E-state index is 6.16. The van der Waals surface area contributed by atoms with Crippen LogP contribution in [0.2, 0.25) is 5.02 Å². The topological polar surface area (TPSA) is 76.7 Å². The van der Waals surface area contributed by atoms with Gasteiger partial charge in [-0.3, -0.25) is 4.98 Å². The maximum atomic E-state index is 6.16. The van der Waals surface area contributed by atoms with E-state index in [4.69, 9.17) is 17.4 Å². The molecule has 3 rings (SSSR count). The van der Waals surface area contributed by atoms with Crippen molar-refractivity contribution >= 4 is 17.4 Å². The lowest BCUT2D eigenvalue weighted by Crippen LogP contribution is -2.10. The molecule has 0 saturated heterocycles. The Labute approximate surface area is 126 Å². The van der Waals surface area contributed by atoms with Gasteiger partial charge in [-0.15, -0.1) is 0 Å². The second-order valence-corrected chi connectivity index (χ2v) is 4.71. The fourth-order valence-corrected chi connectivity index (χ4v) is 2.14. The number of hydrazine groups is 1. The largest absolute Gasteiger partial charge is 0.308 e. The molecule has 0 fully saturated rings. The van der Waals surface area contributed by atoms with E-state index in [1.165, 1.54) is 0 Å². The fraction of sp³-hybridized carbons (Fsp3) is 0. The van der Waals surface area contributed by atoms with Crippen LogP contribution in [0.25, 0.3) is 22.8 Å². The number of hydrogen-bond acceptors (Lipinski definition) is 5. The van der Waals surface area contributed by atoms with Gasteiger partial charge in [-0.25, -0.2) is 15.8 Å². The predicted octanol–water partition coefficient (Wildman–Crippen LogP) is 3.14. The van der Waals surface area contributed by atoms with Crippen molar-refractivity contribution in [3.05, 3.63) is 59.8 Å². The lowest BCUT2D eigenvalue weighted by atomic mass is 10.1. The van der Waals surface area contributed by atoms with Crippen molar-refractivity contribution in [2.24, 2.45) is 5.84 Å². The Hall–Kier alpha value is -2.50. The summed E-state index contributed by atoms with van der Waals surface area (Å²) >= 11 is 6.16. The molecule has 0 spiro atoms. The van der Waals surface area contributed by atoms with Gasteiger partial charge in [-0.1, -0.05) is 41.9 Å². The standard InChI is InChI=1S/C15H12ClN5/c16-11-7-4-8-18-14(11)15-19-12(9-13(20-15)21-17)10-5-2-1-3-6-10/h1-9H,17H2,(H,19,20,21). The third-order valence-electron chi connectivity index (χ3n) is 2.91. The van der Waals surface area contributed by atoms with Gasteiger partial charge in [0.2, 0.25) is 0 Å². The molecule has 0 bridgehead atoms. The van der Waals surface area contributed by atoms with E-state index in [1.54, 1.807) is 24.4 Å². The number of nitrogens with two attached hydrogens (primary N) is 1. The van der Waals surface area contributed by atoms with E-state index in [9.17, 15) is 0 Å². The molecule has 0 unspecified atom stereocenters. The molecule has 0 amide bonds. The van der Waals surface area contributed by atoms with Crippen LogP contribution in [-0.4, -0.2) is 15.0 Å². The number of halogens is 1. The summed E-state index contributed by atoms with van der Waals surface area (Å²) in [7, 11) is 0. The number of hydrogen-bond donors (Lipinski definition) is 2. The van der Waals surface area contributed by atoms with E-state index in [0.717, 1.165) is 11.3 Å². The lowest BCUT2D eigenvalue weighted by Gasteiger charge is -2.08. The molecule has 2 aromatic heterocycles. The number of nitrogen functional groups attached to an aromatic ring is 1. The molecule has 2 heterocycles. The van der Waals surface area contributed by atoms with Crippen LogP contribution in [0, 0.1) is 0 Å². The highest BCUT2D eigenvalue weighted by molar-refractivity contribution is 6.32. The second kappa shape index (κ2) is 5.87. The second-order valence-electron chi connectivity index (χ2n) is 4.31. The quantitative estimate of drug-likeness (QED) is 0.573. The Kier molecular flexibility index (Phi) is 3.77. The normalized spacial score (nSPS) is 10.4. The molecule has 6 heteroatoms. The van der Waals surface area contributed by atoms with Crippen LogP contribution in [0.3, 0.4) is 0 Å². The smallest absolute Gasteiger partial charge is 0.182 e. The zero-order valence-corrected chi connectivity index (χ0v) is 11.7. The van der Waals surface area contributed by atoms with Crippen molar-refractivity contribution in [3.63, 3.8) is 0 Å². The summed E-state index contributed by atoms with van der Waals surface area (Å²) in [6, 6.07) is 15.0. The highest BCUT2D eigenvalue weighted by Crippen LogP contribution is 2.26. The average Bonchev–Trinajstić information content (AvgIpc) is 2.55. The summed E-state index contributed by atoms with van der Waals surface area (Å²) in [5.74, 6) is 6.41. The van der Waals surface area contributed by atoms with Crippen LogP contribution in [0.4, 0.5) is 5.82 Å². The van der Waals surface area contributed by atoms with Crippen LogP contribution in [0.5, 0.6) is 0 Å². The van der Waals surface area contributed by atoms with Gasteiger partial charge >= 0.3 is 0 Å². The van der Waals surface area contributed by atoms with Crippen LogP contribution >= 0.6 is 11.6 Å². The zero-order chi connectivity index (χ0) is 14.7. The fourth-order valence-electron chi connectivity index (χ4n) is 1.93. The molecule has 1 aromatic carbocycles. The highest BCUT2D eigenvalue weighted by Gasteiger charge is 2.11. The summed E-state index contributed by atoms with van der Waals surface area (Å²) in [6.07, 6.45) is 1.65. The predicted molar refractivity (Wildman–Crippen MR) is 83.5 cm³/mol.